The Bertz CT molecular complexity index is 1360. The molecule has 0 radical (unpaired) electrons. The molecule has 5 aliphatic heterocycles. The van der Waals surface area contributed by atoms with Crippen molar-refractivity contribution in [1.29, 1.82) is 5.26 Å². The summed E-state index contributed by atoms with van der Waals surface area (Å²) in [5.41, 5.74) is 7.83. The first-order valence-electron chi connectivity index (χ1n) is 14.9. The number of aromatic nitrogens is 2. The molecule has 5 saturated heterocycles. The van der Waals surface area contributed by atoms with Gasteiger partial charge in [0.25, 0.3) is 0 Å². The molecule has 2 unspecified atom stereocenters. The lowest BCUT2D eigenvalue weighted by Crippen LogP contribution is -2.61. The van der Waals surface area contributed by atoms with Crippen molar-refractivity contribution in [2.75, 3.05) is 61.4 Å². The minimum atomic E-state index is -0.779. The summed E-state index contributed by atoms with van der Waals surface area (Å²) in [5.74, 6) is 2.18. The molecule has 7 heterocycles. The first-order chi connectivity index (χ1) is 19.4. The second-order valence-electron chi connectivity index (χ2n) is 13.0. The van der Waals surface area contributed by atoms with E-state index in [0.29, 0.717) is 54.0 Å². The summed E-state index contributed by atoms with van der Waals surface area (Å²) in [6, 6.07) is 5.38. The minimum Gasteiger partial charge on any atom is -0.476 e. The average Bonchev–Trinajstić information content (AvgIpc) is 3.65. The lowest BCUT2D eigenvalue weighted by molar-refractivity contribution is 0.110. The number of nitrogen functional groups attached to an aromatic ring is 1. The second kappa shape index (κ2) is 9.16. The lowest BCUT2D eigenvalue weighted by Gasteiger charge is -2.52. The number of thiophene rings is 1. The van der Waals surface area contributed by atoms with Crippen molar-refractivity contribution in [3.8, 4) is 11.9 Å². The molecule has 6 aliphatic rings. The number of halogens is 1. The van der Waals surface area contributed by atoms with Crippen LogP contribution in [-0.2, 0) is 11.8 Å². The molecule has 40 heavy (non-hydrogen) atoms. The number of hydrogen-bond acceptors (Lipinski definition) is 10. The third-order valence-electron chi connectivity index (χ3n) is 10.4. The Kier molecular flexibility index (Phi) is 5.74. The lowest BCUT2D eigenvalue weighted by atomic mass is 9.66. The highest BCUT2D eigenvalue weighted by atomic mass is 32.1. The van der Waals surface area contributed by atoms with E-state index < -0.39 is 6.17 Å². The first-order valence-corrected chi connectivity index (χ1v) is 15.7. The second-order valence-corrected chi connectivity index (χ2v) is 14.1. The molecule has 2 bridgehead atoms. The highest BCUT2D eigenvalue weighted by Gasteiger charge is 2.51. The topological polar surface area (TPSA) is 107 Å². The standard InChI is InChI=1S/C29H37FN8OS/c30-18-10-29(7-2-8-38(29)12-18)17-39-24-9-23(36-13-19-4-5-20(14-36)33-19)34-27(35-24)37-15-28(16-37)6-1-3-22-25(28)21(11-31)26(32)40-22/h9,18-20,33H,1-8,10,12-17,32H2/t18-,19?,20?,29+/m1/s1. The van der Waals surface area contributed by atoms with Gasteiger partial charge in [0.05, 0.1) is 11.1 Å². The van der Waals surface area contributed by atoms with Crippen molar-refractivity contribution < 1.29 is 9.13 Å². The normalized spacial score (nSPS) is 32.1. The van der Waals surface area contributed by atoms with Crippen molar-refractivity contribution >= 4 is 28.1 Å². The van der Waals surface area contributed by atoms with Crippen LogP contribution in [-0.4, -0.2) is 84.5 Å². The molecule has 0 saturated carbocycles. The number of fused-ring (bicyclic) bond motifs is 5. The summed E-state index contributed by atoms with van der Waals surface area (Å²) < 4.78 is 20.8. The Labute approximate surface area is 238 Å². The number of alkyl halides is 1. The van der Waals surface area contributed by atoms with Gasteiger partial charge in [0, 0.05) is 67.6 Å². The highest BCUT2D eigenvalue weighted by Crippen LogP contribution is 2.51. The smallest absolute Gasteiger partial charge is 0.230 e. The van der Waals surface area contributed by atoms with Gasteiger partial charge in [0.15, 0.2) is 0 Å². The Hall–Kier alpha value is -2.68. The molecule has 4 atom stereocenters. The molecule has 11 heteroatoms. The van der Waals surface area contributed by atoms with Crippen LogP contribution in [0.25, 0.3) is 0 Å². The van der Waals surface area contributed by atoms with Gasteiger partial charge < -0.3 is 25.6 Å². The van der Waals surface area contributed by atoms with Gasteiger partial charge in [0.1, 0.15) is 29.7 Å². The summed E-state index contributed by atoms with van der Waals surface area (Å²) in [6.45, 7) is 5.35. The van der Waals surface area contributed by atoms with Gasteiger partial charge in [-0.3, -0.25) is 4.90 Å². The van der Waals surface area contributed by atoms with Crippen molar-refractivity contribution in [2.45, 2.75) is 80.6 Å². The molecule has 5 fully saturated rings. The average molecular weight is 565 g/mol. The minimum absolute atomic E-state index is 0.0649. The van der Waals surface area contributed by atoms with Crippen molar-refractivity contribution in [1.82, 2.24) is 20.2 Å². The molecular weight excluding hydrogens is 527 g/mol. The number of nitriles is 1. The van der Waals surface area contributed by atoms with E-state index >= 15 is 0 Å². The quantitative estimate of drug-likeness (QED) is 0.567. The molecule has 0 aromatic carbocycles. The predicted octanol–water partition coefficient (Wildman–Crippen LogP) is 2.98. The number of hydrogen-bond donors (Lipinski definition) is 2. The van der Waals surface area contributed by atoms with E-state index in [-0.39, 0.29) is 11.0 Å². The Morgan fingerprint density at radius 2 is 1.98 bits per heavy atom. The Morgan fingerprint density at radius 3 is 2.77 bits per heavy atom. The number of nitrogens with two attached hydrogens (primary N) is 1. The number of anilines is 3. The van der Waals surface area contributed by atoms with Gasteiger partial charge in [-0.15, -0.1) is 11.3 Å². The van der Waals surface area contributed by atoms with Crippen LogP contribution in [0, 0.1) is 11.3 Å². The number of ether oxygens (including phenoxy) is 1. The van der Waals surface area contributed by atoms with E-state index in [1.165, 1.54) is 23.3 Å². The number of aryl methyl sites for hydroxylation is 1. The largest absolute Gasteiger partial charge is 0.476 e. The van der Waals surface area contributed by atoms with Gasteiger partial charge in [-0.25, -0.2) is 4.39 Å². The maximum Gasteiger partial charge on any atom is 0.230 e. The summed E-state index contributed by atoms with van der Waals surface area (Å²) in [4.78, 5) is 18.2. The molecule has 1 aliphatic carbocycles. The van der Waals surface area contributed by atoms with E-state index in [2.05, 4.69) is 26.1 Å². The Morgan fingerprint density at radius 1 is 1.15 bits per heavy atom. The fourth-order valence-corrected chi connectivity index (χ4v) is 9.80. The summed E-state index contributed by atoms with van der Waals surface area (Å²) >= 11 is 1.59. The van der Waals surface area contributed by atoms with Crippen LogP contribution in [0.15, 0.2) is 6.07 Å². The summed E-state index contributed by atoms with van der Waals surface area (Å²) in [6.07, 6.45) is 7.39. The molecular formula is C29H37FN8OS. The van der Waals surface area contributed by atoms with E-state index in [1.54, 1.807) is 11.3 Å². The zero-order chi connectivity index (χ0) is 27.1. The zero-order valence-electron chi connectivity index (χ0n) is 22.9. The van der Waals surface area contributed by atoms with Crippen LogP contribution >= 0.6 is 11.3 Å². The molecule has 1 spiro atoms. The van der Waals surface area contributed by atoms with Gasteiger partial charge in [-0.05, 0) is 57.1 Å². The van der Waals surface area contributed by atoms with Crippen molar-refractivity contribution in [3.63, 3.8) is 0 Å². The summed E-state index contributed by atoms with van der Waals surface area (Å²) in [7, 11) is 0. The van der Waals surface area contributed by atoms with Gasteiger partial charge >= 0.3 is 0 Å². The molecule has 2 aromatic heterocycles. The van der Waals surface area contributed by atoms with E-state index in [0.717, 1.165) is 70.6 Å². The van der Waals surface area contributed by atoms with Crippen molar-refractivity contribution in [2.24, 2.45) is 0 Å². The predicted molar refractivity (Wildman–Crippen MR) is 153 cm³/mol. The van der Waals surface area contributed by atoms with E-state index in [1.807, 2.05) is 6.07 Å². The molecule has 9 nitrogen and oxygen atoms in total. The fourth-order valence-electron chi connectivity index (χ4n) is 8.62. The van der Waals surface area contributed by atoms with Gasteiger partial charge in [-0.2, -0.15) is 15.2 Å². The van der Waals surface area contributed by atoms with Crippen LogP contribution in [0.5, 0.6) is 5.88 Å². The SMILES string of the molecule is N#Cc1c(N)sc2c1C1(CCC2)CN(c2nc(OC[C@@]34CCCN3C[C@H](F)C4)cc(N3CC4CCC(C3)N4)n2)C1. The molecule has 8 rings (SSSR count). The van der Waals surface area contributed by atoms with Gasteiger partial charge in [0.2, 0.25) is 11.8 Å². The first kappa shape index (κ1) is 25.1. The maximum absolute atomic E-state index is 14.4. The van der Waals surface area contributed by atoms with Crippen LogP contribution in [0.1, 0.15) is 60.9 Å². The highest BCUT2D eigenvalue weighted by molar-refractivity contribution is 7.16. The number of nitrogens with one attached hydrogen (secondary N) is 1. The zero-order valence-corrected chi connectivity index (χ0v) is 23.7. The molecule has 0 amide bonds. The number of rotatable bonds is 5. The van der Waals surface area contributed by atoms with Crippen LogP contribution in [0.4, 0.5) is 21.2 Å². The molecule has 3 N–H and O–H groups in total. The monoisotopic (exact) mass is 564 g/mol. The van der Waals surface area contributed by atoms with Crippen molar-refractivity contribution in [3.05, 3.63) is 22.1 Å². The third kappa shape index (κ3) is 3.90. The number of nitrogens with zero attached hydrogens (tertiary/aromatic N) is 6. The van der Waals surface area contributed by atoms with Crippen LogP contribution < -0.4 is 25.6 Å². The molecule has 212 valence electrons. The third-order valence-corrected chi connectivity index (χ3v) is 11.5. The Balaban J connectivity index is 1.09. The van der Waals surface area contributed by atoms with E-state index in [4.69, 9.17) is 20.4 Å². The summed E-state index contributed by atoms with van der Waals surface area (Å²) in [5, 5.41) is 14.2. The van der Waals surface area contributed by atoms with Gasteiger partial charge in [-0.1, -0.05) is 0 Å². The van der Waals surface area contributed by atoms with Crippen LogP contribution in [0.3, 0.4) is 0 Å². The fraction of sp³-hybridized carbons (Fsp3) is 0.690. The maximum atomic E-state index is 14.4. The number of piperazine rings is 1. The molecule has 2 aromatic rings. The van der Waals surface area contributed by atoms with Crippen LogP contribution in [0.2, 0.25) is 0 Å². The van der Waals surface area contributed by atoms with E-state index in [9.17, 15) is 9.65 Å².